The third-order valence-electron chi connectivity index (χ3n) is 2.29. The van der Waals surface area contributed by atoms with E-state index in [1.165, 1.54) is 23.9 Å². The zero-order valence-electron chi connectivity index (χ0n) is 9.36. The van der Waals surface area contributed by atoms with Gasteiger partial charge in [0, 0.05) is 19.8 Å². The molecule has 0 aliphatic carbocycles. The lowest BCUT2D eigenvalue weighted by Gasteiger charge is -2.08. The molecule has 98 valence electrons. The summed E-state index contributed by atoms with van der Waals surface area (Å²) in [6.45, 7) is 0. The molecule has 0 fully saturated rings. The van der Waals surface area contributed by atoms with Gasteiger partial charge in [0.15, 0.2) is 0 Å². The maximum Gasteiger partial charge on any atom is 0.336 e. The van der Waals surface area contributed by atoms with Gasteiger partial charge in [0.2, 0.25) is 0 Å². The Kier molecular flexibility index (Phi) is 4.63. The summed E-state index contributed by atoms with van der Waals surface area (Å²) in [5.41, 5.74) is 0.172. The van der Waals surface area contributed by atoms with E-state index in [0.29, 0.717) is 24.9 Å². The normalized spacial score (nSPS) is 10.5. The molecule has 0 bridgehead atoms. The lowest BCUT2D eigenvalue weighted by atomic mass is 10.2. The van der Waals surface area contributed by atoms with Gasteiger partial charge in [-0.3, -0.25) is 0 Å². The first-order valence-electron chi connectivity index (χ1n) is 5.13. The first-order valence-corrected chi connectivity index (χ1v) is 7.08. The number of hydrogen-bond acceptors (Lipinski definition) is 2. The Morgan fingerprint density at radius 2 is 1.53 bits per heavy atom. The average Bonchev–Trinajstić information content (AvgIpc) is 2.33. The van der Waals surface area contributed by atoms with Gasteiger partial charge in [-0.25, -0.2) is 4.79 Å². The third kappa shape index (κ3) is 3.57. The van der Waals surface area contributed by atoms with E-state index in [1.54, 1.807) is 24.3 Å². The summed E-state index contributed by atoms with van der Waals surface area (Å²) in [5.74, 6) is -1.02. The molecule has 0 saturated carbocycles. The van der Waals surface area contributed by atoms with Crippen LogP contribution in [0.25, 0.3) is 0 Å². The SMILES string of the molecule is O=C(O)c1ccc(Cl)cc1Sc1cc(Cl)ccc1Cl. The summed E-state index contributed by atoms with van der Waals surface area (Å²) in [6, 6.07) is 9.61. The van der Waals surface area contributed by atoms with E-state index in [-0.39, 0.29) is 5.56 Å². The molecule has 0 atom stereocenters. The van der Waals surface area contributed by atoms with Crippen molar-refractivity contribution in [1.82, 2.24) is 0 Å². The maximum absolute atomic E-state index is 11.2. The third-order valence-corrected chi connectivity index (χ3v) is 4.31. The van der Waals surface area contributed by atoms with Gasteiger partial charge in [-0.15, -0.1) is 0 Å². The van der Waals surface area contributed by atoms with Gasteiger partial charge in [-0.05, 0) is 36.4 Å². The van der Waals surface area contributed by atoms with E-state index in [1.807, 2.05) is 0 Å². The Hall–Kier alpha value is -0.870. The fourth-order valence-corrected chi connectivity index (χ4v) is 3.18. The maximum atomic E-state index is 11.2. The van der Waals surface area contributed by atoms with E-state index >= 15 is 0 Å². The summed E-state index contributed by atoms with van der Waals surface area (Å²) >= 11 is 19.1. The predicted molar refractivity (Wildman–Crippen MR) is 79.0 cm³/mol. The summed E-state index contributed by atoms with van der Waals surface area (Å²) in [7, 11) is 0. The van der Waals surface area contributed by atoms with Gasteiger partial charge in [-0.2, -0.15) is 0 Å². The summed E-state index contributed by atoms with van der Waals surface area (Å²) < 4.78 is 0. The molecule has 0 aromatic heterocycles. The van der Waals surface area contributed by atoms with Crippen molar-refractivity contribution in [3.63, 3.8) is 0 Å². The van der Waals surface area contributed by atoms with Crippen LogP contribution in [0.1, 0.15) is 10.4 Å². The van der Waals surface area contributed by atoms with Gasteiger partial charge in [-0.1, -0.05) is 46.6 Å². The van der Waals surface area contributed by atoms with Gasteiger partial charge in [0.05, 0.1) is 10.6 Å². The molecule has 0 heterocycles. The Labute approximate surface area is 129 Å². The monoisotopic (exact) mass is 332 g/mol. The molecule has 0 amide bonds. The Bertz CT molecular complexity index is 644. The number of rotatable bonds is 3. The van der Waals surface area contributed by atoms with Crippen LogP contribution in [0.5, 0.6) is 0 Å². The van der Waals surface area contributed by atoms with Crippen molar-refractivity contribution in [2.24, 2.45) is 0 Å². The molecule has 0 aliphatic rings. The van der Waals surface area contributed by atoms with Crippen molar-refractivity contribution in [3.8, 4) is 0 Å². The van der Waals surface area contributed by atoms with Crippen LogP contribution >= 0.6 is 46.6 Å². The number of carbonyl (C=O) groups is 1. The van der Waals surface area contributed by atoms with E-state index < -0.39 is 5.97 Å². The molecule has 0 radical (unpaired) electrons. The van der Waals surface area contributed by atoms with Crippen LogP contribution in [-0.4, -0.2) is 11.1 Å². The van der Waals surface area contributed by atoms with E-state index in [0.717, 1.165) is 0 Å². The van der Waals surface area contributed by atoms with E-state index in [4.69, 9.17) is 39.9 Å². The molecule has 0 aliphatic heterocycles. The topological polar surface area (TPSA) is 37.3 Å². The largest absolute Gasteiger partial charge is 0.478 e. The Balaban J connectivity index is 2.45. The minimum atomic E-state index is -1.02. The van der Waals surface area contributed by atoms with Gasteiger partial charge < -0.3 is 5.11 Å². The van der Waals surface area contributed by atoms with Crippen molar-refractivity contribution in [2.75, 3.05) is 0 Å². The molecule has 0 unspecified atom stereocenters. The predicted octanol–water partition coefficient (Wildman–Crippen LogP) is 5.50. The van der Waals surface area contributed by atoms with E-state index in [2.05, 4.69) is 0 Å². The standard InChI is InChI=1S/C13H7Cl3O2S/c14-7-1-3-9(13(17)18)11(5-7)19-12-6-8(15)2-4-10(12)16/h1-6H,(H,17,18). The highest BCUT2D eigenvalue weighted by atomic mass is 35.5. The quantitative estimate of drug-likeness (QED) is 0.806. The minimum absolute atomic E-state index is 0.172. The number of carboxylic acid groups (broad SMARTS) is 1. The molecule has 2 aromatic carbocycles. The van der Waals surface area contributed by atoms with Crippen LogP contribution in [0.3, 0.4) is 0 Å². The minimum Gasteiger partial charge on any atom is -0.478 e. The van der Waals surface area contributed by atoms with Crippen LogP contribution in [0.2, 0.25) is 15.1 Å². The summed E-state index contributed by atoms with van der Waals surface area (Å²) in [5, 5.41) is 10.6. The molecule has 2 rings (SSSR count). The van der Waals surface area contributed by atoms with Crippen molar-refractivity contribution < 1.29 is 9.90 Å². The lowest BCUT2D eigenvalue weighted by molar-refractivity contribution is 0.0693. The fraction of sp³-hybridized carbons (Fsp3) is 0. The highest BCUT2D eigenvalue weighted by Crippen LogP contribution is 2.37. The molecule has 19 heavy (non-hydrogen) atoms. The van der Waals surface area contributed by atoms with Crippen molar-refractivity contribution in [2.45, 2.75) is 9.79 Å². The van der Waals surface area contributed by atoms with Crippen LogP contribution in [0, 0.1) is 0 Å². The second kappa shape index (κ2) is 6.06. The fourth-order valence-electron chi connectivity index (χ4n) is 1.43. The summed E-state index contributed by atoms with van der Waals surface area (Å²) in [6.07, 6.45) is 0. The molecule has 1 N–H and O–H groups in total. The smallest absolute Gasteiger partial charge is 0.336 e. The summed E-state index contributed by atoms with van der Waals surface area (Å²) in [4.78, 5) is 12.4. The van der Waals surface area contributed by atoms with Gasteiger partial charge >= 0.3 is 5.97 Å². The number of aromatic carboxylic acids is 1. The second-order valence-corrected chi connectivity index (χ2v) is 5.99. The Morgan fingerprint density at radius 1 is 0.947 bits per heavy atom. The second-order valence-electron chi connectivity index (χ2n) is 3.62. The molecular weight excluding hydrogens is 327 g/mol. The van der Waals surface area contributed by atoms with Crippen molar-refractivity contribution >= 4 is 52.5 Å². The highest BCUT2D eigenvalue weighted by molar-refractivity contribution is 7.99. The van der Waals surface area contributed by atoms with Crippen LogP contribution in [0.4, 0.5) is 0 Å². The number of benzene rings is 2. The molecule has 0 saturated heterocycles. The molecule has 2 aromatic rings. The van der Waals surface area contributed by atoms with Gasteiger partial charge in [0.25, 0.3) is 0 Å². The molecule has 0 spiro atoms. The van der Waals surface area contributed by atoms with Gasteiger partial charge in [0.1, 0.15) is 0 Å². The molecule has 2 nitrogen and oxygen atoms in total. The highest BCUT2D eigenvalue weighted by Gasteiger charge is 2.13. The zero-order valence-corrected chi connectivity index (χ0v) is 12.4. The van der Waals surface area contributed by atoms with Crippen LogP contribution in [-0.2, 0) is 0 Å². The number of halogens is 3. The average molecular weight is 334 g/mol. The zero-order chi connectivity index (χ0) is 14.0. The van der Waals surface area contributed by atoms with Crippen LogP contribution < -0.4 is 0 Å². The first kappa shape index (κ1) is 14.5. The van der Waals surface area contributed by atoms with Crippen molar-refractivity contribution in [3.05, 3.63) is 57.0 Å². The number of carboxylic acids is 1. The van der Waals surface area contributed by atoms with Crippen LogP contribution in [0.15, 0.2) is 46.2 Å². The van der Waals surface area contributed by atoms with E-state index in [9.17, 15) is 4.79 Å². The van der Waals surface area contributed by atoms with Crippen molar-refractivity contribution in [1.29, 1.82) is 0 Å². The first-order chi connectivity index (χ1) is 8.97. The number of hydrogen-bond donors (Lipinski definition) is 1. The molecule has 6 heteroatoms. The lowest BCUT2D eigenvalue weighted by Crippen LogP contribution is -1.98. The Morgan fingerprint density at radius 3 is 2.16 bits per heavy atom. The molecular formula is C13H7Cl3O2S.